The Morgan fingerprint density at radius 2 is 1.44 bits per heavy atom. The van der Waals surface area contributed by atoms with Gasteiger partial charge in [-0.05, 0) is 17.7 Å². The number of pyridine rings is 1. The van der Waals surface area contributed by atoms with Gasteiger partial charge < -0.3 is 10.2 Å². The van der Waals surface area contributed by atoms with Crippen molar-refractivity contribution in [3.05, 3.63) is 58.9 Å². The molecule has 0 saturated carbocycles. The molecule has 0 atom stereocenters. The number of piperazine rings is 1. The Balaban J connectivity index is 1.70. The highest BCUT2D eigenvalue weighted by atomic mass is 19.2. The quantitative estimate of drug-likeness (QED) is 0.613. The number of nitrogens with one attached hydrogen (secondary N) is 1. The molecule has 0 unspecified atom stereocenters. The van der Waals surface area contributed by atoms with Gasteiger partial charge in [0.25, 0.3) is 11.9 Å². The lowest BCUT2D eigenvalue weighted by Crippen LogP contribution is -2.45. The van der Waals surface area contributed by atoms with Crippen LogP contribution in [-0.2, 0) is 13.1 Å². The lowest BCUT2D eigenvalue weighted by molar-refractivity contribution is 0.131. The summed E-state index contributed by atoms with van der Waals surface area (Å²) in [6.07, 6.45) is 0. The number of nitrogens with zero attached hydrogens (tertiary/aromatic N) is 3. The summed E-state index contributed by atoms with van der Waals surface area (Å²) in [5, 5.41) is 2.48. The van der Waals surface area contributed by atoms with Crippen LogP contribution in [0.25, 0.3) is 0 Å². The standard InChI is InChI=1S/C19H22F4N4/c1-2-26-7-9-27(10-8-26)12-14-6-4-3-5-13(14)11-24-17-15(20)18(22)25-19(23)16(17)21/h3-6H,2,7-12H2,1H3,(H,24,25). The summed E-state index contributed by atoms with van der Waals surface area (Å²) in [6.45, 7) is 7.82. The van der Waals surface area contributed by atoms with Crippen LogP contribution in [0.2, 0.25) is 0 Å². The van der Waals surface area contributed by atoms with Crippen LogP contribution >= 0.6 is 0 Å². The second kappa shape index (κ2) is 8.67. The smallest absolute Gasteiger partial charge is 0.253 e. The Kier molecular flexibility index (Phi) is 6.28. The topological polar surface area (TPSA) is 31.4 Å². The maximum absolute atomic E-state index is 13.8. The van der Waals surface area contributed by atoms with Crippen LogP contribution in [0.4, 0.5) is 23.2 Å². The number of anilines is 1. The minimum atomic E-state index is -1.67. The second-order valence-corrected chi connectivity index (χ2v) is 6.53. The molecule has 8 heteroatoms. The largest absolute Gasteiger partial charge is 0.376 e. The first-order valence-electron chi connectivity index (χ1n) is 8.95. The van der Waals surface area contributed by atoms with Crippen LogP contribution in [0.5, 0.6) is 0 Å². The van der Waals surface area contributed by atoms with Crippen LogP contribution in [0.1, 0.15) is 18.1 Å². The van der Waals surface area contributed by atoms with Crippen molar-refractivity contribution in [2.24, 2.45) is 0 Å². The van der Waals surface area contributed by atoms with Gasteiger partial charge >= 0.3 is 0 Å². The van der Waals surface area contributed by atoms with Gasteiger partial charge in [0.05, 0.1) is 0 Å². The molecule has 2 heterocycles. The first-order valence-corrected chi connectivity index (χ1v) is 8.95. The third-order valence-electron chi connectivity index (χ3n) is 4.88. The summed E-state index contributed by atoms with van der Waals surface area (Å²) in [5.74, 6) is -6.39. The van der Waals surface area contributed by atoms with Crippen molar-refractivity contribution in [3.63, 3.8) is 0 Å². The molecular formula is C19H22F4N4. The highest BCUT2D eigenvalue weighted by Crippen LogP contribution is 2.23. The third kappa shape index (κ3) is 4.56. The van der Waals surface area contributed by atoms with Crippen molar-refractivity contribution in [1.82, 2.24) is 14.8 Å². The van der Waals surface area contributed by atoms with E-state index in [-0.39, 0.29) is 6.54 Å². The Hall–Kier alpha value is -2.19. The fraction of sp³-hybridized carbons (Fsp3) is 0.421. The van der Waals surface area contributed by atoms with Crippen LogP contribution in [-0.4, -0.2) is 47.5 Å². The van der Waals surface area contributed by atoms with Gasteiger partial charge in [-0.2, -0.15) is 22.5 Å². The van der Waals surface area contributed by atoms with Crippen molar-refractivity contribution in [2.45, 2.75) is 20.0 Å². The Morgan fingerprint density at radius 1 is 0.889 bits per heavy atom. The highest BCUT2D eigenvalue weighted by Gasteiger charge is 2.21. The summed E-state index contributed by atoms with van der Waals surface area (Å²) in [4.78, 5) is 7.26. The summed E-state index contributed by atoms with van der Waals surface area (Å²) >= 11 is 0. The molecule has 2 aromatic rings. The predicted molar refractivity (Wildman–Crippen MR) is 95.2 cm³/mol. The van der Waals surface area contributed by atoms with E-state index in [4.69, 9.17) is 0 Å². The number of hydrogen-bond acceptors (Lipinski definition) is 4. The van der Waals surface area contributed by atoms with E-state index >= 15 is 0 Å². The molecule has 1 aromatic carbocycles. The van der Waals surface area contributed by atoms with Crippen LogP contribution < -0.4 is 5.32 Å². The van der Waals surface area contributed by atoms with Gasteiger partial charge in [0.1, 0.15) is 5.69 Å². The maximum atomic E-state index is 13.8. The Bertz CT molecular complexity index is 765. The number of halogens is 4. The highest BCUT2D eigenvalue weighted by molar-refractivity contribution is 5.46. The summed E-state index contributed by atoms with van der Waals surface area (Å²) in [7, 11) is 0. The first kappa shape index (κ1) is 19.6. The Labute approximate surface area is 155 Å². The minimum absolute atomic E-state index is 0.0435. The first-order chi connectivity index (χ1) is 13.0. The van der Waals surface area contributed by atoms with E-state index in [0.29, 0.717) is 6.54 Å². The number of likely N-dealkylation sites (N-methyl/N-ethyl adjacent to an activating group) is 1. The molecule has 0 amide bonds. The molecule has 3 rings (SSSR count). The average molecular weight is 382 g/mol. The summed E-state index contributed by atoms with van der Waals surface area (Å²) in [5.41, 5.74) is 0.976. The molecule has 1 aliphatic heterocycles. The molecule has 1 N–H and O–H groups in total. The van der Waals surface area contributed by atoms with E-state index in [1.54, 1.807) is 0 Å². The van der Waals surface area contributed by atoms with E-state index < -0.39 is 29.2 Å². The molecule has 4 nitrogen and oxygen atoms in total. The molecule has 27 heavy (non-hydrogen) atoms. The van der Waals surface area contributed by atoms with E-state index in [2.05, 4.69) is 27.0 Å². The molecule has 1 aliphatic rings. The van der Waals surface area contributed by atoms with Gasteiger partial charge in [0, 0.05) is 39.3 Å². The Morgan fingerprint density at radius 3 is 2.04 bits per heavy atom. The van der Waals surface area contributed by atoms with Gasteiger partial charge in [-0.1, -0.05) is 31.2 Å². The monoisotopic (exact) mass is 382 g/mol. The van der Waals surface area contributed by atoms with Crippen molar-refractivity contribution >= 4 is 5.69 Å². The fourth-order valence-electron chi connectivity index (χ4n) is 3.21. The summed E-state index contributed by atoms with van der Waals surface area (Å²) < 4.78 is 54.0. The lowest BCUT2D eigenvalue weighted by atomic mass is 10.1. The van der Waals surface area contributed by atoms with E-state index in [1.165, 1.54) is 0 Å². The van der Waals surface area contributed by atoms with Crippen molar-refractivity contribution < 1.29 is 17.6 Å². The molecule has 0 bridgehead atoms. The predicted octanol–water partition coefficient (Wildman–Crippen LogP) is 3.39. The zero-order valence-electron chi connectivity index (χ0n) is 15.1. The number of benzene rings is 1. The van der Waals surface area contributed by atoms with E-state index in [9.17, 15) is 17.6 Å². The third-order valence-corrected chi connectivity index (χ3v) is 4.88. The second-order valence-electron chi connectivity index (χ2n) is 6.53. The van der Waals surface area contributed by atoms with Gasteiger partial charge in [-0.25, -0.2) is 0 Å². The summed E-state index contributed by atoms with van der Waals surface area (Å²) in [6, 6.07) is 7.49. The molecule has 1 fully saturated rings. The van der Waals surface area contributed by atoms with Crippen molar-refractivity contribution in [2.75, 3.05) is 38.0 Å². The molecule has 1 aromatic heterocycles. The molecule has 146 valence electrons. The molecule has 0 radical (unpaired) electrons. The zero-order valence-corrected chi connectivity index (χ0v) is 15.1. The minimum Gasteiger partial charge on any atom is -0.376 e. The normalized spacial score (nSPS) is 15.9. The van der Waals surface area contributed by atoms with E-state index in [0.717, 1.165) is 43.9 Å². The van der Waals surface area contributed by atoms with Crippen LogP contribution in [0, 0.1) is 23.5 Å². The fourth-order valence-corrected chi connectivity index (χ4v) is 3.21. The van der Waals surface area contributed by atoms with Crippen molar-refractivity contribution in [3.8, 4) is 0 Å². The lowest BCUT2D eigenvalue weighted by Gasteiger charge is -2.34. The van der Waals surface area contributed by atoms with Crippen LogP contribution in [0.15, 0.2) is 24.3 Å². The molecule has 0 aliphatic carbocycles. The van der Waals surface area contributed by atoms with Crippen LogP contribution in [0.3, 0.4) is 0 Å². The van der Waals surface area contributed by atoms with Gasteiger partial charge in [-0.3, -0.25) is 4.90 Å². The maximum Gasteiger partial charge on any atom is 0.253 e. The SMILES string of the molecule is CCN1CCN(Cc2ccccc2CNc2c(F)c(F)nc(F)c2F)CC1. The molecular weight excluding hydrogens is 360 g/mol. The number of hydrogen-bond donors (Lipinski definition) is 1. The molecule has 1 saturated heterocycles. The number of aromatic nitrogens is 1. The van der Waals surface area contributed by atoms with Gasteiger partial charge in [-0.15, -0.1) is 0 Å². The number of rotatable bonds is 6. The zero-order chi connectivity index (χ0) is 19.4. The van der Waals surface area contributed by atoms with E-state index in [1.807, 2.05) is 24.3 Å². The van der Waals surface area contributed by atoms with Gasteiger partial charge in [0.2, 0.25) is 11.6 Å². The van der Waals surface area contributed by atoms with Gasteiger partial charge in [0.15, 0.2) is 0 Å². The molecule has 0 spiro atoms. The van der Waals surface area contributed by atoms with Crippen molar-refractivity contribution in [1.29, 1.82) is 0 Å². The average Bonchev–Trinajstić information content (AvgIpc) is 2.68.